The van der Waals surface area contributed by atoms with E-state index < -0.39 is 15.9 Å². The van der Waals surface area contributed by atoms with E-state index >= 15 is 0 Å². The maximum atomic E-state index is 12.7. The predicted octanol–water partition coefficient (Wildman–Crippen LogP) is 0.539. The van der Waals surface area contributed by atoms with Gasteiger partial charge in [-0.25, -0.2) is 8.42 Å². The number of carbonyl (C=O) groups is 2. The Balaban J connectivity index is 1.51. The molecule has 1 aliphatic heterocycles. The van der Waals surface area contributed by atoms with Crippen molar-refractivity contribution in [3.05, 3.63) is 59.9 Å². The zero-order valence-electron chi connectivity index (χ0n) is 16.4. The standard InChI is InChI=1S/C20H24N4O5S/c25-19(23-15-16-4-7-21-8-5-16)6-9-22-20(26)17-2-1-3-18(14-17)30(27,28)24-10-12-29-13-11-24/h1-5,7-8,14H,6,9-13,15H2,(H,22,26)(H,23,25). The van der Waals surface area contributed by atoms with Crippen molar-refractivity contribution in [3.8, 4) is 0 Å². The summed E-state index contributed by atoms with van der Waals surface area (Å²) >= 11 is 0. The van der Waals surface area contributed by atoms with E-state index in [1.54, 1.807) is 24.5 Å². The van der Waals surface area contributed by atoms with Gasteiger partial charge in [0, 0.05) is 50.6 Å². The van der Waals surface area contributed by atoms with E-state index in [0.29, 0.717) is 19.8 Å². The van der Waals surface area contributed by atoms with Gasteiger partial charge in [-0.05, 0) is 35.9 Å². The van der Waals surface area contributed by atoms with Crippen molar-refractivity contribution in [2.45, 2.75) is 17.9 Å². The molecule has 0 radical (unpaired) electrons. The quantitative estimate of drug-likeness (QED) is 0.629. The van der Waals surface area contributed by atoms with E-state index in [0.717, 1.165) is 5.56 Å². The molecule has 10 heteroatoms. The van der Waals surface area contributed by atoms with Gasteiger partial charge in [-0.3, -0.25) is 14.6 Å². The lowest BCUT2D eigenvalue weighted by molar-refractivity contribution is -0.121. The van der Waals surface area contributed by atoms with Crippen LogP contribution in [0.25, 0.3) is 0 Å². The Labute approximate surface area is 175 Å². The van der Waals surface area contributed by atoms with E-state index in [2.05, 4.69) is 15.6 Å². The van der Waals surface area contributed by atoms with Crippen molar-refractivity contribution in [2.24, 2.45) is 0 Å². The second kappa shape index (κ2) is 10.3. The molecular weight excluding hydrogens is 408 g/mol. The number of ether oxygens (including phenoxy) is 1. The number of rotatable bonds is 8. The minimum absolute atomic E-state index is 0.0622. The molecule has 1 aromatic heterocycles. The smallest absolute Gasteiger partial charge is 0.251 e. The van der Waals surface area contributed by atoms with Crippen molar-refractivity contribution in [1.82, 2.24) is 19.9 Å². The van der Waals surface area contributed by atoms with Gasteiger partial charge in [0.05, 0.1) is 18.1 Å². The second-order valence-corrected chi connectivity index (χ2v) is 8.62. The van der Waals surface area contributed by atoms with Gasteiger partial charge >= 0.3 is 0 Å². The normalized spacial score (nSPS) is 14.8. The molecule has 9 nitrogen and oxygen atoms in total. The molecule has 0 bridgehead atoms. The lowest BCUT2D eigenvalue weighted by atomic mass is 10.2. The van der Waals surface area contributed by atoms with Gasteiger partial charge in [-0.2, -0.15) is 4.31 Å². The van der Waals surface area contributed by atoms with E-state index in [-0.39, 0.29) is 42.4 Å². The summed E-state index contributed by atoms with van der Waals surface area (Å²) in [7, 11) is -3.68. The number of sulfonamides is 1. The fourth-order valence-corrected chi connectivity index (χ4v) is 4.37. The number of pyridine rings is 1. The highest BCUT2D eigenvalue weighted by Gasteiger charge is 2.26. The average Bonchev–Trinajstić information content (AvgIpc) is 2.79. The number of aromatic nitrogens is 1. The molecule has 2 aromatic rings. The molecule has 0 unspecified atom stereocenters. The molecular formula is C20H24N4O5S. The van der Waals surface area contributed by atoms with Gasteiger partial charge in [0.2, 0.25) is 15.9 Å². The molecule has 0 aliphatic carbocycles. The number of morpholine rings is 1. The van der Waals surface area contributed by atoms with Crippen LogP contribution in [0.2, 0.25) is 0 Å². The van der Waals surface area contributed by atoms with Crippen molar-refractivity contribution in [1.29, 1.82) is 0 Å². The van der Waals surface area contributed by atoms with Crippen molar-refractivity contribution in [3.63, 3.8) is 0 Å². The Morgan fingerprint density at radius 3 is 2.53 bits per heavy atom. The van der Waals surface area contributed by atoms with Crippen LogP contribution in [0, 0.1) is 0 Å². The topological polar surface area (TPSA) is 118 Å². The van der Waals surface area contributed by atoms with Crippen LogP contribution in [-0.2, 0) is 26.1 Å². The molecule has 3 rings (SSSR count). The van der Waals surface area contributed by atoms with Gasteiger partial charge < -0.3 is 15.4 Å². The van der Waals surface area contributed by atoms with E-state index in [4.69, 9.17) is 4.74 Å². The van der Waals surface area contributed by atoms with Gasteiger partial charge in [-0.1, -0.05) is 6.07 Å². The van der Waals surface area contributed by atoms with E-state index in [1.807, 2.05) is 0 Å². The molecule has 0 atom stereocenters. The number of carbonyl (C=O) groups excluding carboxylic acids is 2. The first-order valence-corrected chi connectivity index (χ1v) is 11.0. The third kappa shape index (κ3) is 5.85. The fourth-order valence-electron chi connectivity index (χ4n) is 2.92. The average molecular weight is 433 g/mol. The number of hydrogen-bond acceptors (Lipinski definition) is 6. The monoisotopic (exact) mass is 432 g/mol. The van der Waals surface area contributed by atoms with Gasteiger partial charge in [0.15, 0.2) is 0 Å². The number of nitrogens with one attached hydrogen (secondary N) is 2. The zero-order chi connectivity index (χ0) is 21.4. The lowest BCUT2D eigenvalue weighted by Gasteiger charge is -2.26. The van der Waals surface area contributed by atoms with Gasteiger partial charge in [0.1, 0.15) is 0 Å². The summed E-state index contributed by atoms with van der Waals surface area (Å²) in [5.41, 5.74) is 1.15. The largest absolute Gasteiger partial charge is 0.379 e. The Morgan fingerprint density at radius 1 is 1.07 bits per heavy atom. The predicted molar refractivity (Wildman–Crippen MR) is 109 cm³/mol. The molecule has 0 saturated carbocycles. The summed E-state index contributed by atoms with van der Waals surface area (Å²) in [6.45, 7) is 1.80. The summed E-state index contributed by atoms with van der Waals surface area (Å²) in [6, 6.07) is 9.50. The molecule has 30 heavy (non-hydrogen) atoms. The molecule has 160 valence electrons. The molecule has 2 amide bonds. The first-order valence-electron chi connectivity index (χ1n) is 9.58. The third-order valence-corrected chi connectivity index (χ3v) is 6.48. The molecule has 1 fully saturated rings. The van der Waals surface area contributed by atoms with Crippen molar-refractivity contribution < 1.29 is 22.7 Å². The van der Waals surface area contributed by atoms with Crippen LogP contribution in [0.5, 0.6) is 0 Å². The SMILES string of the molecule is O=C(CCNC(=O)c1cccc(S(=O)(=O)N2CCOCC2)c1)NCc1ccncc1. The summed E-state index contributed by atoms with van der Waals surface area (Å²) in [4.78, 5) is 28.3. The third-order valence-electron chi connectivity index (χ3n) is 4.58. The number of hydrogen-bond donors (Lipinski definition) is 2. The highest BCUT2D eigenvalue weighted by Crippen LogP contribution is 2.18. The Morgan fingerprint density at radius 2 is 1.80 bits per heavy atom. The van der Waals surface area contributed by atoms with Crippen LogP contribution >= 0.6 is 0 Å². The maximum absolute atomic E-state index is 12.7. The number of nitrogens with zero attached hydrogens (tertiary/aromatic N) is 2. The van der Waals surface area contributed by atoms with Gasteiger partial charge in [0.25, 0.3) is 5.91 Å². The zero-order valence-corrected chi connectivity index (χ0v) is 17.2. The summed E-state index contributed by atoms with van der Waals surface area (Å²) in [5, 5.41) is 5.41. The molecule has 0 spiro atoms. The first-order chi connectivity index (χ1) is 14.5. The minimum Gasteiger partial charge on any atom is -0.379 e. The lowest BCUT2D eigenvalue weighted by Crippen LogP contribution is -2.40. The number of benzene rings is 1. The van der Waals surface area contributed by atoms with Crippen molar-refractivity contribution >= 4 is 21.8 Å². The van der Waals surface area contributed by atoms with Crippen LogP contribution < -0.4 is 10.6 Å². The summed E-state index contributed by atoms with van der Waals surface area (Å²) in [5.74, 6) is -0.633. The maximum Gasteiger partial charge on any atom is 0.251 e. The highest BCUT2D eigenvalue weighted by atomic mass is 32.2. The molecule has 2 N–H and O–H groups in total. The summed E-state index contributed by atoms with van der Waals surface area (Å²) < 4.78 is 32.0. The molecule has 2 heterocycles. The molecule has 1 saturated heterocycles. The van der Waals surface area contributed by atoms with Crippen LogP contribution in [0.15, 0.2) is 53.7 Å². The van der Waals surface area contributed by atoms with Gasteiger partial charge in [-0.15, -0.1) is 0 Å². The minimum atomic E-state index is -3.68. The highest BCUT2D eigenvalue weighted by molar-refractivity contribution is 7.89. The van der Waals surface area contributed by atoms with E-state index in [1.165, 1.54) is 28.6 Å². The van der Waals surface area contributed by atoms with E-state index in [9.17, 15) is 18.0 Å². The van der Waals surface area contributed by atoms with Crippen LogP contribution in [0.1, 0.15) is 22.3 Å². The summed E-state index contributed by atoms with van der Waals surface area (Å²) in [6.07, 6.45) is 3.41. The van der Waals surface area contributed by atoms with Crippen LogP contribution in [0.4, 0.5) is 0 Å². The second-order valence-electron chi connectivity index (χ2n) is 6.68. The Bertz CT molecular complexity index is 976. The Kier molecular flexibility index (Phi) is 7.50. The Hall–Kier alpha value is -2.82. The van der Waals surface area contributed by atoms with Crippen molar-refractivity contribution in [2.75, 3.05) is 32.8 Å². The molecule has 1 aliphatic rings. The van der Waals surface area contributed by atoms with Crippen LogP contribution in [0.3, 0.4) is 0 Å². The molecule has 1 aromatic carbocycles. The first kappa shape index (κ1) is 21.9. The number of amides is 2. The van der Waals surface area contributed by atoms with Crippen LogP contribution in [-0.4, -0.2) is 62.4 Å². The fraction of sp³-hybridized carbons (Fsp3) is 0.350.